The van der Waals surface area contributed by atoms with E-state index >= 15 is 0 Å². The van der Waals surface area contributed by atoms with Crippen LogP contribution in [0.2, 0.25) is 5.02 Å². The number of hydrogen-bond donors (Lipinski definition) is 3. The molecule has 3 aromatic carbocycles. The molecule has 0 fully saturated rings. The second-order valence-electron chi connectivity index (χ2n) is 8.74. The fraction of sp³-hybridized carbons (Fsp3) is 0.172. The van der Waals surface area contributed by atoms with Gasteiger partial charge in [0.05, 0.1) is 12.2 Å². The SMILES string of the molecule is CC(Oc1ccccc1NC(=O)c1ccc(-c2nocc2CNC(=O)OC(C)c2ccccc2Cl)cc1)C(=O)O. The maximum atomic E-state index is 12.9. The summed E-state index contributed by atoms with van der Waals surface area (Å²) in [6, 6.07) is 20.3. The van der Waals surface area contributed by atoms with Crippen LogP contribution >= 0.6 is 11.6 Å². The predicted molar refractivity (Wildman–Crippen MR) is 147 cm³/mol. The molecule has 3 N–H and O–H groups in total. The largest absolute Gasteiger partial charge is 0.479 e. The molecule has 11 heteroatoms. The summed E-state index contributed by atoms with van der Waals surface area (Å²) in [4.78, 5) is 36.3. The molecule has 0 spiro atoms. The highest BCUT2D eigenvalue weighted by Gasteiger charge is 2.18. The van der Waals surface area contributed by atoms with Crippen molar-refractivity contribution < 1.29 is 33.5 Å². The lowest BCUT2D eigenvalue weighted by Crippen LogP contribution is -2.25. The molecule has 0 radical (unpaired) electrons. The summed E-state index contributed by atoms with van der Waals surface area (Å²) >= 11 is 6.17. The minimum Gasteiger partial charge on any atom is -0.479 e. The van der Waals surface area contributed by atoms with Crippen molar-refractivity contribution in [2.75, 3.05) is 5.32 Å². The van der Waals surface area contributed by atoms with Crippen LogP contribution in [-0.4, -0.2) is 34.3 Å². The van der Waals surface area contributed by atoms with Crippen molar-refractivity contribution in [3.63, 3.8) is 0 Å². The molecule has 2 atom stereocenters. The van der Waals surface area contributed by atoms with Gasteiger partial charge in [-0.25, -0.2) is 9.59 Å². The predicted octanol–water partition coefficient (Wildman–Crippen LogP) is 6.09. The van der Waals surface area contributed by atoms with Gasteiger partial charge in [0.2, 0.25) is 0 Å². The number of aromatic nitrogens is 1. The van der Waals surface area contributed by atoms with Gasteiger partial charge < -0.3 is 29.7 Å². The number of ether oxygens (including phenoxy) is 2. The molecule has 2 amide bonds. The lowest BCUT2D eigenvalue weighted by atomic mass is 10.1. The van der Waals surface area contributed by atoms with Crippen LogP contribution in [0.25, 0.3) is 11.3 Å². The number of nitrogens with one attached hydrogen (secondary N) is 2. The molecule has 1 heterocycles. The van der Waals surface area contributed by atoms with Crippen LogP contribution in [-0.2, 0) is 16.1 Å². The minimum atomic E-state index is -1.12. The van der Waals surface area contributed by atoms with E-state index in [-0.39, 0.29) is 12.3 Å². The molecule has 1 aromatic heterocycles. The third kappa shape index (κ3) is 6.97. The molecule has 4 aromatic rings. The first kappa shape index (κ1) is 28.2. The van der Waals surface area contributed by atoms with Crippen molar-refractivity contribution in [1.29, 1.82) is 0 Å². The maximum Gasteiger partial charge on any atom is 0.408 e. The summed E-state index contributed by atoms with van der Waals surface area (Å²) in [6.45, 7) is 3.23. The molecule has 206 valence electrons. The number of benzene rings is 3. The van der Waals surface area contributed by atoms with E-state index in [1.54, 1.807) is 73.7 Å². The van der Waals surface area contributed by atoms with Gasteiger partial charge in [0.25, 0.3) is 5.91 Å². The second-order valence-corrected chi connectivity index (χ2v) is 9.14. The van der Waals surface area contributed by atoms with Crippen molar-refractivity contribution in [1.82, 2.24) is 10.5 Å². The number of alkyl carbamates (subject to hydrolysis) is 1. The number of hydrogen-bond acceptors (Lipinski definition) is 7. The quantitative estimate of drug-likeness (QED) is 0.211. The summed E-state index contributed by atoms with van der Waals surface area (Å²) in [6.07, 6.45) is -0.846. The van der Waals surface area contributed by atoms with E-state index in [0.29, 0.717) is 38.7 Å². The van der Waals surface area contributed by atoms with E-state index in [9.17, 15) is 14.4 Å². The Balaban J connectivity index is 1.37. The fourth-order valence-corrected chi connectivity index (χ4v) is 4.04. The Bertz CT molecular complexity index is 1500. The number of nitrogens with zero attached hydrogens (tertiary/aromatic N) is 1. The summed E-state index contributed by atoms with van der Waals surface area (Å²) in [7, 11) is 0. The number of carbonyl (C=O) groups excluding carboxylic acids is 2. The van der Waals surface area contributed by atoms with Crippen molar-refractivity contribution in [2.45, 2.75) is 32.6 Å². The van der Waals surface area contributed by atoms with Crippen LogP contribution in [0.15, 0.2) is 83.6 Å². The Morgan fingerprint density at radius 3 is 2.42 bits per heavy atom. The summed E-state index contributed by atoms with van der Waals surface area (Å²) in [5.41, 5.74) is 3.15. The maximum absolute atomic E-state index is 12.9. The zero-order valence-corrected chi connectivity index (χ0v) is 22.3. The number of rotatable bonds is 10. The van der Waals surface area contributed by atoms with Crippen molar-refractivity contribution in [3.8, 4) is 17.0 Å². The van der Waals surface area contributed by atoms with E-state index < -0.39 is 30.2 Å². The van der Waals surface area contributed by atoms with Crippen LogP contribution in [0.4, 0.5) is 10.5 Å². The highest BCUT2D eigenvalue weighted by atomic mass is 35.5. The van der Waals surface area contributed by atoms with E-state index in [1.165, 1.54) is 13.2 Å². The van der Waals surface area contributed by atoms with Crippen LogP contribution < -0.4 is 15.4 Å². The Morgan fingerprint density at radius 1 is 1.00 bits per heavy atom. The molecule has 0 aliphatic rings. The van der Waals surface area contributed by atoms with Crippen LogP contribution in [0.1, 0.15) is 41.4 Å². The summed E-state index contributed by atoms with van der Waals surface area (Å²) < 4.78 is 16.0. The molecular formula is C29H26ClN3O7. The Labute approximate surface area is 234 Å². The fourth-order valence-electron chi connectivity index (χ4n) is 3.75. The van der Waals surface area contributed by atoms with E-state index in [0.717, 1.165) is 0 Å². The number of amides is 2. The average Bonchev–Trinajstić information content (AvgIpc) is 3.42. The van der Waals surface area contributed by atoms with Gasteiger partial charge in [-0.2, -0.15) is 0 Å². The van der Waals surface area contributed by atoms with Crippen molar-refractivity contribution in [2.24, 2.45) is 0 Å². The van der Waals surface area contributed by atoms with Gasteiger partial charge in [-0.05, 0) is 44.2 Å². The molecule has 0 bridgehead atoms. The van der Waals surface area contributed by atoms with Gasteiger partial charge >= 0.3 is 12.1 Å². The third-order valence-corrected chi connectivity index (χ3v) is 6.24. The van der Waals surface area contributed by atoms with Gasteiger partial charge in [-0.1, -0.05) is 59.2 Å². The first-order valence-corrected chi connectivity index (χ1v) is 12.6. The average molecular weight is 564 g/mol. The van der Waals surface area contributed by atoms with Gasteiger partial charge in [-0.15, -0.1) is 0 Å². The van der Waals surface area contributed by atoms with E-state index in [1.807, 2.05) is 6.07 Å². The molecule has 0 saturated heterocycles. The van der Waals surface area contributed by atoms with Gasteiger partial charge in [0.15, 0.2) is 6.10 Å². The number of aliphatic carboxylic acids is 1. The lowest BCUT2D eigenvalue weighted by molar-refractivity contribution is -0.144. The molecule has 0 aliphatic carbocycles. The van der Waals surface area contributed by atoms with Crippen LogP contribution in [0.3, 0.4) is 0 Å². The Morgan fingerprint density at radius 2 is 1.70 bits per heavy atom. The van der Waals surface area contributed by atoms with Crippen molar-refractivity contribution in [3.05, 3.63) is 101 Å². The highest BCUT2D eigenvalue weighted by Crippen LogP contribution is 2.28. The minimum absolute atomic E-state index is 0.0979. The first-order valence-electron chi connectivity index (χ1n) is 12.3. The molecule has 40 heavy (non-hydrogen) atoms. The zero-order valence-electron chi connectivity index (χ0n) is 21.6. The lowest BCUT2D eigenvalue weighted by Gasteiger charge is -2.15. The van der Waals surface area contributed by atoms with Crippen LogP contribution in [0, 0.1) is 0 Å². The number of halogens is 1. The smallest absolute Gasteiger partial charge is 0.408 e. The zero-order chi connectivity index (χ0) is 28.6. The number of anilines is 1. The molecule has 2 unspecified atom stereocenters. The summed E-state index contributed by atoms with van der Waals surface area (Å²) in [5, 5.41) is 19.1. The van der Waals surface area contributed by atoms with Gasteiger partial charge in [-0.3, -0.25) is 4.79 Å². The first-order chi connectivity index (χ1) is 19.2. The normalized spacial score (nSPS) is 12.2. The topological polar surface area (TPSA) is 140 Å². The van der Waals surface area contributed by atoms with Gasteiger partial charge in [0, 0.05) is 27.3 Å². The van der Waals surface area contributed by atoms with E-state index in [2.05, 4.69) is 15.8 Å². The Kier molecular flexibility index (Phi) is 9.03. The van der Waals surface area contributed by atoms with Crippen LogP contribution in [0.5, 0.6) is 5.75 Å². The molecule has 10 nitrogen and oxygen atoms in total. The van der Waals surface area contributed by atoms with Gasteiger partial charge in [0.1, 0.15) is 23.8 Å². The second kappa shape index (κ2) is 12.8. The number of carbonyl (C=O) groups is 3. The number of carboxylic acids is 1. The third-order valence-electron chi connectivity index (χ3n) is 5.90. The summed E-state index contributed by atoms with van der Waals surface area (Å²) in [5.74, 6) is -1.30. The molecule has 4 rings (SSSR count). The number of para-hydroxylation sites is 2. The Hall–Kier alpha value is -4.83. The highest BCUT2D eigenvalue weighted by molar-refractivity contribution is 6.31. The molecule has 0 aliphatic heterocycles. The standard InChI is InChI=1S/C29H26ClN3O7/c1-17(22-7-3-4-8-23(22)30)40-29(37)31-15-21-16-38-33-26(21)19-11-13-20(14-12-19)27(34)32-24-9-5-6-10-25(24)39-18(2)28(35)36/h3-14,16-18H,15H2,1-2H3,(H,31,37)(H,32,34)(H,35,36). The number of carboxylic acid groups (broad SMARTS) is 1. The monoisotopic (exact) mass is 563 g/mol. The van der Waals surface area contributed by atoms with E-state index in [4.69, 9.17) is 30.7 Å². The molecular weight excluding hydrogens is 538 g/mol. The van der Waals surface area contributed by atoms with Crippen molar-refractivity contribution >= 4 is 35.3 Å². The molecule has 0 saturated carbocycles.